The van der Waals surface area contributed by atoms with E-state index >= 15 is 0 Å². The Bertz CT molecular complexity index is 746. The fraction of sp³-hybridized carbons (Fsp3) is 0.333. The van der Waals surface area contributed by atoms with Crippen LogP contribution in [0.15, 0.2) is 18.3 Å². The number of nitrogens with two attached hydrogens (primary N) is 2. The molecule has 0 fully saturated rings. The van der Waals surface area contributed by atoms with Gasteiger partial charge < -0.3 is 9.30 Å². The second kappa shape index (κ2) is 6.07. The van der Waals surface area contributed by atoms with Crippen molar-refractivity contribution < 1.29 is 14.6 Å². The van der Waals surface area contributed by atoms with E-state index < -0.39 is 5.97 Å². The molecule has 1 aromatic carbocycles. The van der Waals surface area contributed by atoms with Gasteiger partial charge in [-0.15, -0.1) is 0 Å². The zero-order valence-electron chi connectivity index (χ0n) is 13.2. The molecule has 0 radical (unpaired) electrons. The fourth-order valence-corrected chi connectivity index (χ4v) is 2.59. The van der Waals surface area contributed by atoms with Gasteiger partial charge in [0.25, 0.3) is 5.84 Å². The quantitative estimate of drug-likeness (QED) is 0.200. The molecule has 1 aromatic heterocycles. The van der Waals surface area contributed by atoms with Crippen molar-refractivity contribution in [2.75, 3.05) is 7.11 Å². The highest BCUT2D eigenvalue weighted by atomic mass is 16.5. The lowest BCUT2D eigenvalue weighted by molar-refractivity contribution is -0.528. The monoisotopic (exact) mass is 304 g/mol. The van der Waals surface area contributed by atoms with Crippen molar-refractivity contribution in [1.82, 2.24) is 10.1 Å². The molecule has 0 atom stereocenters. The van der Waals surface area contributed by atoms with E-state index in [-0.39, 0.29) is 6.04 Å². The number of aromatic nitrogens is 1. The van der Waals surface area contributed by atoms with E-state index in [0.29, 0.717) is 17.0 Å². The minimum absolute atomic E-state index is 0.249. The van der Waals surface area contributed by atoms with E-state index in [2.05, 4.69) is 29.1 Å². The highest BCUT2D eigenvalue weighted by molar-refractivity contribution is 6.09. The third kappa shape index (κ3) is 2.62. The smallest absolute Gasteiger partial charge is 0.338 e. The molecule has 0 spiro atoms. The molecule has 0 aliphatic rings. The average Bonchev–Trinajstić information content (AvgIpc) is 2.83. The number of methoxy groups -OCH3 is 1. The maximum absolute atomic E-state index is 12.1. The number of hydrazone groups is 1. The van der Waals surface area contributed by atoms with Crippen molar-refractivity contribution in [2.24, 2.45) is 11.6 Å². The SMILES string of the molecule is COC(=O)c1cc(C(N)=[NH+]NN)cc2c1c(C)cn2C(C)C. The number of esters is 1. The van der Waals surface area contributed by atoms with Gasteiger partial charge in [0.2, 0.25) is 0 Å². The summed E-state index contributed by atoms with van der Waals surface area (Å²) in [6, 6.07) is 3.87. The van der Waals surface area contributed by atoms with E-state index in [1.807, 2.05) is 19.2 Å². The number of fused-ring (bicyclic) bond motifs is 1. The van der Waals surface area contributed by atoms with Crippen LogP contribution in [0.25, 0.3) is 10.9 Å². The zero-order chi connectivity index (χ0) is 16.4. The zero-order valence-corrected chi connectivity index (χ0v) is 13.2. The first-order valence-corrected chi connectivity index (χ1v) is 6.98. The molecule has 0 saturated heterocycles. The number of rotatable bonds is 4. The molecular formula is C15H22N5O2+. The van der Waals surface area contributed by atoms with Crippen LogP contribution in [0, 0.1) is 6.92 Å². The molecule has 0 unspecified atom stereocenters. The topological polar surface area (TPSA) is 109 Å². The van der Waals surface area contributed by atoms with Gasteiger partial charge in [-0.1, -0.05) is 0 Å². The summed E-state index contributed by atoms with van der Waals surface area (Å²) in [5.74, 6) is 5.15. The lowest BCUT2D eigenvalue weighted by Gasteiger charge is -2.11. The Morgan fingerprint density at radius 1 is 1.41 bits per heavy atom. The number of ether oxygens (including phenoxy) is 1. The Hall–Kier alpha value is -2.54. The summed E-state index contributed by atoms with van der Waals surface area (Å²) in [4.78, 5) is 12.1. The summed E-state index contributed by atoms with van der Waals surface area (Å²) in [5.41, 5.74) is 11.3. The Labute approximate surface area is 128 Å². The van der Waals surface area contributed by atoms with Crippen LogP contribution in [0.4, 0.5) is 0 Å². The molecule has 0 aliphatic carbocycles. The van der Waals surface area contributed by atoms with Crippen LogP contribution in [-0.2, 0) is 4.74 Å². The van der Waals surface area contributed by atoms with Gasteiger partial charge in [0.05, 0.1) is 23.8 Å². The lowest BCUT2D eigenvalue weighted by atomic mass is 10.0. The summed E-state index contributed by atoms with van der Waals surface area (Å²) in [7, 11) is 1.36. The molecule has 7 nitrogen and oxygen atoms in total. The van der Waals surface area contributed by atoms with E-state index in [4.69, 9.17) is 16.3 Å². The summed E-state index contributed by atoms with van der Waals surface area (Å²) >= 11 is 0. The molecule has 0 aliphatic heterocycles. The minimum Gasteiger partial charge on any atom is -0.465 e. The normalized spacial score (nSPS) is 12.0. The standard InChI is InChI=1S/C15H21N5O2/c1-8(2)20-7-9(3)13-11(15(21)22-4)5-10(6-12(13)20)14(16)18-19-17/h5-8,19H,17H2,1-4H3,(H2,16,18)/p+1. The molecule has 0 saturated carbocycles. The van der Waals surface area contributed by atoms with Gasteiger partial charge >= 0.3 is 5.97 Å². The average molecular weight is 304 g/mol. The second-order valence-corrected chi connectivity index (χ2v) is 5.41. The molecule has 6 N–H and O–H groups in total. The van der Waals surface area contributed by atoms with Crippen LogP contribution < -0.4 is 22.2 Å². The van der Waals surface area contributed by atoms with Crippen LogP contribution >= 0.6 is 0 Å². The summed E-state index contributed by atoms with van der Waals surface area (Å²) in [5, 5.41) is 3.50. The number of carbonyl (C=O) groups is 1. The third-order valence-corrected chi connectivity index (χ3v) is 3.60. The van der Waals surface area contributed by atoms with Crippen LogP contribution in [0.5, 0.6) is 0 Å². The van der Waals surface area contributed by atoms with E-state index in [9.17, 15) is 4.79 Å². The first-order valence-electron chi connectivity index (χ1n) is 6.98. The number of aryl methyl sites for hydroxylation is 1. The molecule has 1 heterocycles. The number of nitrogens with zero attached hydrogens (tertiary/aromatic N) is 1. The van der Waals surface area contributed by atoms with Crippen LogP contribution in [0.1, 0.15) is 41.4 Å². The first-order chi connectivity index (χ1) is 10.4. The summed E-state index contributed by atoms with van der Waals surface area (Å²) < 4.78 is 7.01. The van der Waals surface area contributed by atoms with Gasteiger partial charge in [-0.25, -0.2) is 10.6 Å². The molecule has 118 valence electrons. The minimum atomic E-state index is -0.398. The number of hydrazine groups is 2. The molecule has 7 heteroatoms. The maximum Gasteiger partial charge on any atom is 0.338 e. The maximum atomic E-state index is 12.1. The third-order valence-electron chi connectivity index (χ3n) is 3.60. The van der Waals surface area contributed by atoms with Gasteiger partial charge in [0.15, 0.2) is 0 Å². The number of benzene rings is 1. The van der Waals surface area contributed by atoms with Crippen molar-refractivity contribution in [3.63, 3.8) is 0 Å². The summed E-state index contributed by atoms with van der Waals surface area (Å²) in [6.45, 7) is 6.13. The lowest BCUT2D eigenvalue weighted by Crippen LogP contribution is -2.87. The Balaban J connectivity index is 2.84. The van der Waals surface area contributed by atoms with Crippen molar-refractivity contribution >= 4 is 22.7 Å². The highest BCUT2D eigenvalue weighted by Gasteiger charge is 2.20. The molecule has 22 heavy (non-hydrogen) atoms. The second-order valence-electron chi connectivity index (χ2n) is 5.41. The highest BCUT2D eigenvalue weighted by Crippen LogP contribution is 2.29. The van der Waals surface area contributed by atoms with Crippen molar-refractivity contribution in [3.05, 3.63) is 35.0 Å². The predicted molar refractivity (Wildman–Crippen MR) is 85.0 cm³/mol. The van der Waals surface area contributed by atoms with Crippen LogP contribution in [-0.4, -0.2) is 23.5 Å². The molecule has 2 rings (SSSR count). The number of hydrogen-bond donors (Lipinski definition) is 4. The largest absolute Gasteiger partial charge is 0.465 e. The molecule has 2 aromatic rings. The van der Waals surface area contributed by atoms with E-state index in [1.165, 1.54) is 7.11 Å². The van der Waals surface area contributed by atoms with E-state index in [1.54, 1.807) is 6.07 Å². The Morgan fingerprint density at radius 3 is 2.64 bits per heavy atom. The van der Waals surface area contributed by atoms with Gasteiger partial charge in [-0.05, 0) is 38.5 Å². The van der Waals surface area contributed by atoms with Gasteiger partial charge in [0.1, 0.15) is 0 Å². The molecule has 0 bridgehead atoms. The molecule has 0 amide bonds. The fourth-order valence-electron chi connectivity index (χ4n) is 2.59. The van der Waals surface area contributed by atoms with Crippen LogP contribution in [0.2, 0.25) is 0 Å². The van der Waals surface area contributed by atoms with Gasteiger partial charge in [-0.3, -0.25) is 5.73 Å². The van der Waals surface area contributed by atoms with Crippen molar-refractivity contribution in [2.45, 2.75) is 26.8 Å². The van der Waals surface area contributed by atoms with E-state index in [0.717, 1.165) is 16.5 Å². The number of amidine groups is 1. The molecular weight excluding hydrogens is 282 g/mol. The Kier molecular flexibility index (Phi) is 4.37. The van der Waals surface area contributed by atoms with Gasteiger partial charge in [0, 0.05) is 17.6 Å². The first kappa shape index (κ1) is 15.8. The Morgan fingerprint density at radius 2 is 2.09 bits per heavy atom. The van der Waals surface area contributed by atoms with Crippen LogP contribution in [0.3, 0.4) is 0 Å². The number of carbonyl (C=O) groups excluding carboxylic acids is 1. The predicted octanol–water partition coefficient (Wildman–Crippen LogP) is -0.519. The summed E-state index contributed by atoms with van der Waals surface area (Å²) in [6.07, 6.45) is 2.02. The van der Waals surface area contributed by atoms with Crippen molar-refractivity contribution in [3.8, 4) is 0 Å². The number of hydrogen-bond acceptors (Lipinski definition) is 4. The van der Waals surface area contributed by atoms with Gasteiger partial charge in [-0.2, -0.15) is 10.6 Å². The number of nitrogens with one attached hydrogen (secondary N) is 2. The van der Waals surface area contributed by atoms with Crippen molar-refractivity contribution in [1.29, 1.82) is 0 Å². The number of nitrogen functional groups attached to an aromatic ring is 1.